The zero-order chi connectivity index (χ0) is 21.3. The Morgan fingerprint density at radius 1 is 1.30 bits per heavy atom. The second-order valence-electron chi connectivity index (χ2n) is 6.85. The number of hydrogen-bond acceptors (Lipinski definition) is 8. The molecule has 0 bridgehead atoms. The van der Waals surface area contributed by atoms with Crippen molar-refractivity contribution < 1.29 is 14.4 Å². The first kappa shape index (κ1) is 21.8. The molecule has 2 heterocycles. The van der Waals surface area contributed by atoms with Crippen LogP contribution in [-0.4, -0.2) is 31.2 Å². The topological polar surface area (TPSA) is 128 Å². The smallest absolute Gasteiger partial charge is 0.508 e. The molecule has 0 radical (unpaired) electrons. The second-order valence-corrected chi connectivity index (χ2v) is 7.22. The number of phenols is 1. The van der Waals surface area contributed by atoms with Crippen LogP contribution in [0.3, 0.4) is 0 Å². The molecular weight excluding hydrogens is 403 g/mol. The number of phenolic OH excluding ortho intramolecular Hbond substituents is 1. The predicted octanol–water partition coefficient (Wildman–Crippen LogP) is 4.21. The molecule has 10 heteroatoms. The van der Waals surface area contributed by atoms with Crippen LogP contribution in [0.5, 0.6) is 5.75 Å². The molecule has 0 unspecified atom stereocenters. The summed E-state index contributed by atoms with van der Waals surface area (Å²) in [6, 6.07) is 5.46. The standard InChI is InChI=1S/C20H25N6O3P/c1-2-3-4-5-6-14-7-8-15(11-16(14)27)23-20-24-18(21)17-19(25-20)26(12-22-17)9-10-29-13-30-28/h7-8,11-12,27H,2-6,9-10H2,1H3,(H3,21,23,24,25). The van der Waals surface area contributed by atoms with E-state index in [0.29, 0.717) is 29.3 Å². The summed E-state index contributed by atoms with van der Waals surface area (Å²) < 4.78 is 17.1. The molecule has 0 aliphatic carbocycles. The molecule has 1 aromatic carbocycles. The Hall–Kier alpha value is -2.86. The van der Waals surface area contributed by atoms with Gasteiger partial charge in [-0.3, -0.25) is 0 Å². The van der Waals surface area contributed by atoms with Gasteiger partial charge in [0.15, 0.2) is 0 Å². The van der Waals surface area contributed by atoms with Crippen molar-refractivity contribution >= 4 is 36.5 Å². The van der Waals surface area contributed by atoms with E-state index in [1.807, 2.05) is 12.1 Å². The van der Waals surface area contributed by atoms with Crippen molar-refractivity contribution in [3.8, 4) is 11.6 Å². The third kappa shape index (κ3) is 5.60. The number of nitrogens with one attached hydrogen (secondary N) is 1. The van der Waals surface area contributed by atoms with Crippen LogP contribution in [0.25, 0.3) is 11.2 Å². The number of nitrogen functional groups attached to an aromatic ring is 1. The van der Waals surface area contributed by atoms with Crippen molar-refractivity contribution in [2.24, 2.45) is 0 Å². The van der Waals surface area contributed by atoms with Gasteiger partial charge in [-0.05, 0) is 18.4 Å². The third-order valence-corrected chi connectivity index (χ3v) is 4.87. The van der Waals surface area contributed by atoms with Gasteiger partial charge < -0.3 is 5.11 Å². The van der Waals surface area contributed by atoms with E-state index in [4.69, 9.17) is 10.5 Å². The summed E-state index contributed by atoms with van der Waals surface area (Å²) >= 11 is 0. The van der Waals surface area contributed by atoms with Crippen molar-refractivity contribution in [3.05, 3.63) is 30.1 Å². The first-order chi connectivity index (χ1) is 14.6. The molecule has 2 aromatic heterocycles. The molecule has 0 aliphatic rings. The van der Waals surface area contributed by atoms with Gasteiger partial charge in [0.25, 0.3) is 0 Å². The van der Waals surface area contributed by atoms with Crippen LogP contribution in [0.1, 0.15) is 38.2 Å². The van der Waals surface area contributed by atoms with Gasteiger partial charge in [-0.15, -0.1) is 0 Å². The molecule has 30 heavy (non-hydrogen) atoms. The van der Waals surface area contributed by atoms with Gasteiger partial charge in [-0.25, -0.2) is 0 Å². The molecule has 0 atom stereocenters. The minimum Gasteiger partial charge on any atom is -0.508 e. The first-order valence-corrected chi connectivity index (χ1v) is 10.7. The summed E-state index contributed by atoms with van der Waals surface area (Å²) in [6.07, 6.45) is 7.06. The van der Waals surface area contributed by atoms with Gasteiger partial charge in [-0.1, -0.05) is 26.2 Å². The molecule has 9 nitrogen and oxygen atoms in total. The minimum absolute atomic E-state index is 0.245. The summed E-state index contributed by atoms with van der Waals surface area (Å²) in [5.41, 5.74) is 8.66. The summed E-state index contributed by atoms with van der Waals surface area (Å²) in [5, 5.41) is 13.4. The third-order valence-electron chi connectivity index (χ3n) is 4.67. The zero-order valence-corrected chi connectivity index (χ0v) is 17.7. The molecule has 0 saturated carbocycles. The van der Waals surface area contributed by atoms with Gasteiger partial charge in [0.2, 0.25) is 0 Å². The number of rotatable bonds is 10. The number of nitrogens with zero attached hydrogens (tertiary/aromatic N) is 4. The number of hydrogen-bond donors (Lipinski definition) is 3. The van der Waals surface area contributed by atoms with Crippen LogP contribution in [0.2, 0.25) is 0 Å². The van der Waals surface area contributed by atoms with Crippen LogP contribution in [0.15, 0.2) is 24.5 Å². The molecule has 158 valence electrons. The molecule has 0 saturated heterocycles. The molecule has 0 aliphatic heterocycles. The molecular formula is C20H25N6O3P. The molecule has 0 spiro atoms. The fraction of sp³-hybridized carbons (Fsp3) is 0.400. The van der Waals surface area contributed by atoms with Crippen molar-refractivity contribution in [2.75, 3.05) is 17.7 Å². The molecule has 0 amide bonds. The monoisotopic (exact) mass is 428 g/mol. The van der Waals surface area contributed by atoms with E-state index >= 15 is 0 Å². The SMILES string of the molecule is CCCCCCc1ccc(Nc2nc(N)c3ncn(CCOC#P=O)c3n2)cc1O. The van der Waals surface area contributed by atoms with Gasteiger partial charge in [0.05, 0.1) is 0 Å². The van der Waals surface area contributed by atoms with Crippen molar-refractivity contribution in [3.63, 3.8) is 0 Å². The van der Waals surface area contributed by atoms with Crippen LogP contribution < -0.4 is 11.1 Å². The van der Waals surface area contributed by atoms with Gasteiger partial charge in [-0.2, -0.15) is 0 Å². The maximum atomic E-state index is 10.3. The van der Waals surface area contributed by atoms with Gasteiger partial charge in [0.1, 0.15) is 0 Å². The van der Waals surface area contributed by atoms with Gasteiger partial charge >= 0.3 is 126 Å². The van der Waals surface area contributed by atoms with E-state index in [2.05, 4.69) is 33.0 Å². The van der Waals surface area contributed by atoms with Crippen molar-refractivity contribution in [1.82, 2.24) is 19.5 Å². The fourth-order valence-electron chi connectivity index (χ4n) is 3.13. The Morgan fingerprint density at radius 2 is 2.17 bits per heavy atom. The number of aromatic hydroxyl groups is 1. The minimum atomic E-state index is -0.299. The predicted molar refractivity (Wildman–Crippen MR) is 116 cm³/mol. The molecule has 3 rings (SSSR count). The van der Waals surface area contributed by atoms with E-state index in [1.54, 1.807) is 17.0 Å². The number of aromatic nitrogens is 4. The fourth-order valence-corrected chi connectivity index (χ4v) is 3.27. The average molecular weight is 428 g/mol. The molecule has 0 fully saturated rings. The summed E-state index contributed by atoms with van der Waals surface area (Å²) in [5.74, 6) is 3.03. The van der Waals surface area contributed by atoms with Crippen molar-refractivity contribution in [2.45, 2.75) is 45.6 Å². The van der Waals surface area contributed by atoms with E-state index in [-0.39, 0.29) is 26.1 Å². The number of unbranched alkanes of at least 4 members (excludes halogenated alkanes) is 3. The Bertz CT molecular complexity index is 1110. The second kappa shape index (κ2) is 10.8. The number of imidazole rings is 1. The van der Waals surface area contributed by atoms with Gasteiger partial charge in [0, 0.05) is 0 Å². The zero-order valence-electron chi connectivity index (χ0n) is 16.8. The van der Waals surface area contributed by atoms with E-state index in [1.165, 1.54) is 12.8 Å². The Morgan fingerprint density at radius 3 is 2.93 bits per heavy atom. The van der Waals surface area contributed by atoms with Crippen LogP contribution in [0.4, 0.5) is 17.5 Å². The summed E-state index contributed by atoms with van der Waals surface area (Å²) in [7, 11) is -0.299. The summed E-state index contributed by atoms with van der Waals surface area (Å²) in [6.45, 7) is 2.88. The average Bonchev–Trinajstić information content (AvgIpc) is 3.13. The van der Waals surface area contributed by atoms with E-state index in [0.717, 1.165) is 24.8 Å². The number of benzene rings is 1. The first-order valence-electron chi connectivity index (χ1n) is 9.88. The van der Waals surface area contributed by atoms with Crippen LogP contribution in [0, 0.1) is 5.81 Å². The number of ether oxygens (including phenoxy) is 1. The van der Waals surface area contributed by atoms with Crippen LogP contribution >= 0.6 is 7.92 Å². The Kier molecular flexibility index (Phi) is 7.85. The Balaban J connectivity index is 1.74. The molecule has 4 N–H and O–H groups in total. The van der Waals surface area contributed by atoms with E-state index in [9.17, 15) is 9.67 Å². The number of aryl methyl sites for hydroxylation is 1. The maximum absolute atomic E-state index is 10.3. The normalized spacial score (nSPS) is 10.8. The molecule has 3 aromatic rings. The summed E-state index contributed by atoms with van der Waals surface area (Å²) in [4.78, 5) is 13.0. The van der Waals surface area contributed by atoms with E-state index < -0.39 is 0 Å². The quantitative estimate of drug-likeness (QED) is 0.324. The number of fused-ring (bicyclic) bond motifs is 1. The Labute approximate surface area is 175 Å². The van der Waals surface area contributed by atoms with Crippen molar-refractivity contribution in [1.29, 1.82) is 0 Å². The number of anilines is 3. The van der Waals surface area contributed by atoms with Crippen LogP contribution in [-0.2, 0) is 22.3 Å². The number of nitrogens with two attached hydrogens (primary N) is 1.